The first-order chi connectivity index (χ1) is 14.1. The van der Waals surface area contributed by atoms with Gasteiger partial charge in [-0.15, -0.1) is 0 Å². The number of hydrogen-bond acceptors (Lipinski definition) is 5. The van der Waals surface area contributed by atoms with E-state index in [9.17, 15) is 22.4 Å². The van der Waals surface area contributed by atoms with Crippen LogP contribution in [0.1, 0.15) is 50.4 Å². The number of benzene rings is 1. The average Bonchev–Trinajstić information content (AvgIpc) is 3.21. The molecule has 0 saturated carbocycles. The lowest BCUT2D eigenvalue weighted by Gasteiger charge is -2.21. The van der Waals surface area contributed by atoms with Crippen LogP contribution in [0.25, 0.3) is 0 Å². The Morgan fingerprint density at radius 1 is 1.23 bits per heavy atom. The van der Waals surface area contributed by atoms with Gasteiger partial charge < -0.3 is 15.4 Å². The summed E-state index contributed by atoms with van der Waals surface area (Å²) in [4.78, 5) is 23.8. The molecule has 30 heavy (non-hydrogen) atoms. The molecule has 8 nitrogen and oxygen atoms in total. The molecule has 1 atom stereocenters. The zero-order valence-electron chi connectivity index (χ0n) is 17.6. The Hall–Kier alpha value is -2.20. The quantitative estimate of drug-likeness (QED) is 0.610. The Balaban J connectivity index is 2.11. The summed E-state index contributed by atoms with van der Waals surface area (Å²) in [6.45, 7) is 6.70. The van der Waals surface area contributed by atoms with Crippen molar-refractivity contribution in [2.75, 3.05) is 26.2 Å². The maximum absolute atomic E-state index is 14.3. The van der Waals surface area contributed by atoms with Crippen molar-refractivity contribution in [1.29, 1.82) is 0 Å². The largest absolute Gasteiger partial charge is 0.450 e. The van der Waals surface area contributed by atoms with Crippen molar-refractivity contribution in [1.82, 2.24) is 14.9 Å². The van der Waals surface area contributed by atoms with E-state index < -0.39 is 32.7 Å². The Morgan fingerprint density at radius 2 is 1.90 bits per heavy atom. The molecule has 0 radical (unpaired) electrons. The summed E-state index contributed by atoms with van der Waals surface area (Å²) in [5, 5.41) is 5.38. The van der Waals surface area contributed by atoms with E-state index in [-0.39, 0.29) is 30.7 Å². The van der Waals surface area contributed by atoms with Crippen LogP contribution in [0, 0.1) is 11.7 Å². The van der Waals surface area contributed by atoms with Crippen LogP contribution in [0.2, 0.25) is 0 Å². The zero-order valence-corrected chi connectivity index (χ0v) is 18.4. The summed E-state index contributed by atoms with van der Waals surface area (Å²) >= 11 is 0. The van der Waals surface area contributed by atoms with Crippen molar-refractivity contribution in [3.8, 4) is 0 Å². The van der Waals surface area contributed by atoms with Crippen LogP contribution in [0.15, 0.2) is 23.1 Å². The van der Waals surface area contributed by atoms with Gasteiger partial charge in [-0.25, -0.2) is 17.6 Å². The predicted octanol–water partition coefficient (Wildman–Crippen LogP) is 2.50. The second kappa shape index (κ2) is 10.7. The van der Waals surface area contributed by atoms with E-state index in [1.54, 1.807) is 6.92 Å². The first kappa shape index (κ1) is 24.1. The van der Waals surface area contributed by atoms with Crippen molar-refractivity contribution < 1.29 is 27.1 Å². The van der Waals surface area contributed by atoms with Crippen molar-refractivity contribution >= 4 is 22.0 Å². The molecule has 0 aromatic heterocycles. The molecule has 1 unspecified atom stereocenters. The van der Waals surface area contributed by atoms with Crippen LogP contribution in [-0.2, 0) is 14.8 Å². The number of ether oxygens (including phenoxy) is 1. The predicted molar refractivity (Wildman–Crippen MR) is 110 cm³/mol. The van der Waals surface area contributed by atoms with Gasteiger partial charge in [0.25, 0.3) is 5.91 Å². The van der Waals surface area contributed by atoms with Crippen LogP contribution in [-0.4, -0.2) is 57.0 Å². The molecule has 0 bridgehead atoms. The van der Waals surface area contributed by atoms with Crippen molar-refractivity contribution in [2.45, 2.75) is 51.0 Å². The second-order valence-corrected chi connectivity index (χ2v) is 9.56. The van der Waals surface area contributed by atoms with Gasteiger partial charge in [0, 0.05) is 31.2 Å². The smallest absolute Gasteiger partial charge is 0.407 e. The van der Waals surface area contributed by atoms with E-state index in [1.807, 2.05) is 13.8 Å². The topological polar surface area (TPSA) is 105 Å². The summed E-state index contributed by atoms with van der Waals surface area (Å²) in [5.41, 5.74) is 0.0357. The molecule has 10 heteroatoms. The molecule has 0 aliphatic carbocycles. The van der Waals surface area contributed by atoms with Gasteiger partial charge in [0.15, 0.2) is 0 Å². The van der Waals surface area contributed by atoms with E-state index >= 15 is 0 Å². The van der Waals surface area contributed by atoms with Crippen LogP contribution in [0.3, 0.4) is 0 Å². The molecule has 2 N–H and O–H groups in total. The Labute approximate surface area is 177 Å². The number of amides is 2. The minimum absolute atomic E-state index is 0.0357. The van der Waals surface area contributed by atoms with E-state index in [2.05, 4.69) is 10.6 Å². The number of nitrogens with zero attached hydrogens (tertiary/aromatic N) is 1. The number of halogens is 1. The number of alkyl carbamates (subject to hydrolysis) is 1. The summed E-state index contributed by atoms with van der Waals surface area (Å²) in [6, 6.07) is 2.93. The molecule has 1 aliphatic rings. The monoisotopic (exact) mass is 443 g/mol. The summed E-state index contributed by atoms with van der Waals surface area (Å²) in [6.07, 6.45) is 1.49. The fourth-order valence-electron chi connectivity index (χ4n) is 3.33. The van der Waals surface area contributed by atoms with Crippen molar-refractivity contribution in [3.05, 3.63) is 29.6 Å². The van der Waals surface area contributed by atoms with Gasteiger partial charge in [0.1, 0.15) is 10.7 Å². The number of sulfonamides is 1. The maximum Gasteiger partial charge on any atom is 0.407 e. The standard InChI is InChI=1S/C20H30FN3O5S/c1-4-29-20(26)23-16(11-14(2)3)13-22-19(25)15-7-8-17(21)18(12-15)30(27,28)24-9-5-6-10-24/h7-8,12,14,16H,4-6,9-11,13H2,1-3H3,(H,22,25)(H,23,26). The van der Waals surface area contributed by atoms with E-state index in [0.29, 0.717) is 19.5 Å². The van der Waals surface area contributed by atoms with E-state index in [0.717, 1.165) is 25.0 Å². The minimum atomic E-state index is -3.99. The molecule has 1 aliphatic heterocycles. The summed E-state index contributed by atoms with van der Waals surface area (Å²) in [5.74, 6) is -1.18. The van der Waals surface area contributed by atoms with Gasteiger partial charge in [0.2, 0.25) is 10.0 Å². The number of rotatable bonds is 9. The van der Waals surface area contributed by atoms with Crippen LogP contribution < -0.4 is 10.6 Å². The Kier molecular flexibility index (Phi) is 8.60. The zero-order chi connectivity index (χ0) is 22.3. The molecular weight excluding hydrogens is 413 g/mol. The van der Waals surface area contributed by atoms with Crippen LogP contribution in [0.4, 0.5) is 9.18 Å². The third-order valence-corrected chi connectivity index (χ3v) is 6.65. The highest BCUT2D eigenvalue weighted by atomic mass is 32.2. The molecule has 2 rings (SSSR count). The van der Waals surface area contributed by atoms with Gasteiger partial charge >= 0.3 is 6.09 Å². The van der Waals surface area contributed by atoms with Crippen molar-refractivity contribution in [3.63, 3.8) is 0 Å². The molecule has 1 aromatic carbocycles. The summed E-state index contributed by atoms with van der Waals surface area (Å²) in [7, 11) is -3.99. The highest BCUT2D eigenvalue weighted by molar-refractivity contribution is 7.89. The fraction of sp³-hybridized carbons (Fsp3) is 0.600. The van der Waals surface area contributed by atoms with Gasteiger partial charge in [-0.3, -0.25) is 4.79 Å². The van der Waals surface area contributed by atoms with Crippen molar-refractivity contribution in [2.24, 2.45) is 5.92 Å². The average molecular weight is 444 g/mol. The SMILES string of the molecule is CCOC(=O)NC(CNC(=O)c1ccc(F)c(S(=O)(=O)N2CCCC2)c1)CC(C)C. The van der Waals surface area contributed by atoms with Gasteiger partial charge in [-0.2, -0.15) is 4.31 Å². The Morgan fingerprint density at radius 3 is 2.50 bits per heavy atom. The normalized spacial score (nSPS) is 15.8. The highest BCUT2D eigenvalue weighted by Gasteiger charge is 2.30. The Bertz CT molecular complexity index is 854. The van der Waals surface area contributed by atoms with Crippen LogP contribution >= 0.6 is 0 Å². The second-order valence-electron chi connectivity index (χ2n) is 7.66. The molecule has 2 amide bonds. The molecule has 168 valence electrons. The van der Waals surface area contributed by atoms with Gasteiger partial charge in [-0.05, 0) is 50.3 Å². The first-order valence-electron chi connectivity index (χ1n) is 10.2. The molecule has 1 aromatic rings. The molecular formula is C20H30FN3O5S. The third-order valence-electron chi connectivity index (χ3n) is 4.74. The van der Waals surface area contributed by atoms with Gasteiger partial charge in [-0.1, -0.05) is 13.8 Å². The third kappa shape index (κ3) is 6.40. The lowest BCUT2D eigenvalue weighted by atomic mass is 10.0. The van der Waals surface area contributed by atoms with E-state index in [1.165, 1.54) is 10.4 Å². The minimum Gasteiger partial charge on any atom is -0.450 e. The van der Waals surface area contributed by atoms with Gasteiger partial charge in [0.05, 0.1) is 6.61 Å². The maximum atomic E-state index is 14.3. The van der Waals surface area contributed by atoms with Crippen LogP contribution in [0.5, 0.6) is 0 Å². The molecule has 0 spiro atoms. The molecule has 1 saturated heterocycles. The molecule has 1 fully saturated rings. The number of nitrogens with one attached hydrogen (secondary N) is 2. The first-order valence-corrected chi connectivity index (χ1v) is 11.6. The molecule has 1 heterocycles. The number of carbonyl (C=O) groups excluding carboxylic acids is 2. The van der Waals surface area contributed by atoms with E-state index in [4.69, 9.17) is 4.74 Å². The number of carbonyl (C=O) groups is 2. The highest BCUT2D eigenvalue weighted by Crippen LogP contribution is 2.24. The summed E-state index contributed by atoms with van der Waals surface area (Å²) < 4.78 is 45.8. The lowest BCUT2D eigenvalue weighted by Crippen LogP contribution is -2.44. The number of hydrogen-bond donors (Lipinski definition) is 2. The fourth-order valence-corrected chi connectivity index (χ4v) is 4.94. The lowest BCUT2D eigenvalue weighted by molar-refractivity contribution is 0.0944.